The van der Waals surface area contributed by atoms with E-state index in [0.717, 1.165) is 5.56 Å². The molecular formula is C29H35NO9. The second-order valence-corrected chi connectivity index (χ2v) is 8.63. The number of rotatable bonds is 15. The number of ketones is 1. The minimum Gasteiger partial charge on any atom is -0.464 e. The summed E-state index contributed by atoms with van der Waals surface area (Å²) >= 11 is 0. The standard InChI is InChI=1S/C29H35NO9/c1-5-8-26(33)38-19-25(32)22-11-15-24(16-12-22)39-23-13-9-21(10-14-23)17-18-29(30-20(4)31,27(34)36-6-2)28(35)37-7-3/h9-16H,5-8,17-19H2,1-4H3,(H,30,31). The van der Waals surface area contributed by atoms with Crippen LogP contribution in [0.3, 0.4) is 0 Å². The number of carbonyl (C=O) groups excluding carboxylic acids is 5. The lowest BCUT2D eigenvalue weighted by Crippen LogP contribution is -2.61. The Hall–Kier alpha value is -4.21. The number of carbonyl (C=O) groups is 5. The van der Waals surface area contributed by atoms with E-state index in [1.807, 2.05) is 6.92 Å². The highest BCUT2D eigenvalue weighted by Crippen LogP contribution is 2.24. The molecule has 1 amide bonds. The van der Waals surface area contributed by atoms with Crippen LogP contribution in [0.2, 0.25) is 0 Å². The fraction of sp³-hybridized carbons (Fsp3) is 0.414. The molecule has 0 aliphatic heterocycles. The lowest BCUT2D eigenvalue weighted by molar-refractivity contribution is -0.168. The maximum atomic E-state index is 12.8. The van der Waals surface area contributed by atoms with Crippen LogP contribution in [-0.2, 0) is 39.8 Å². The van der Waals surface area contributed by atoms with Crippen LogP contribution in [0.5, 0.6) is 11.5 Å². The van der Waals surface area contributed by atoms with E-state index in [1.54, 1.807) is 62.4 Å². The summed E-state index contributed by atoms with van der Waals surface area (Å²) in [5, 5.41) is 2.45. The van der Waals surface area contributed by atoms with E-state index < -0.39 is 29.4 Å². The Labute approximate surface area is 228 Å². The molecule has 10 nitrogen and oxygen atoms in total. The molecule has 0 unspecified atom stereocenters. The topological polar surface area (TPSA) is 134 Å². The lowest BCUT2D eigenvalue weighted by atomic mass is 9.90. The van der Waals surface area contributed by atoms with Gasteiger partial charge in [0, 0.05) is 18.9 Å². The van der Waals surface area contributed by atoms with Gasteiger partial charge in [0.1, 0.15) is 11.5 Å². The molecule has 10 heteroatoms. The van der Waals surface area contributed by atoms with Crippen molar-refractivity contribution in [3.8, 4) is 11.5 Å². The van der Waals surface area contributed by atoms with E-state index >= 15 is 0 Å². The highest BCUT2D eigenvalue weighted by Gasteiger charge is 2.49. The van der Waals surface area contributed by atoms with E-state index in [0.29, 0.717) is 23.5 Å². The zero-order valence-electron chi connectivity index (χ0n) is 22.7. The Kier molecular flexibility index (Phi) is 12.1. The van der Waals surface area contributed by atoms with Crippen molar-refractivity contribution in [2.24, 2.45) is 0 Å². The molecular weight excluding hydrogens is 506 g/mol. The van der Waals surface area contributed by atoms with Crippen LogP contribution in [-0.4, -0.2) is 55.0 Å². The molecule has 0 saturated carbocycles. The van der Waals surface area contributed by atoms with Gasteiger partial charge in [-0.3, -0.25) is 14.4 Å². The molecule has 0 bridgehead atoms. The normalized spacial score (nSPS) is 10.8. The largest absolute Gasteiger partial charge is 0.464 e. The van der Waals surface area contributed by atoms with Crippen LogP contribution < -0.4 is 10.1 Å². The van der Waals surface area contributed by atoms with Gasteiger partial charge >= 0.3 is 17.9 Å². The molecule has 2 aromatic carbocycles. The van der Waals surface area contributed by atoms with Crippen molar-refractivity contribution in [2.45, 2.75) is 58.9 Å². The van der Waals surface area contributed by atoms with Crippen molar-refractivity contribution >= 4 is 29.6 Å². The maximum Gasteiger partial charge on any atom is 0.343 e. The van der Waals surface area contributed by atoms with Gasteiger partial charge in [0.2, 0.25) is 11.4 Å². The fourth-order valence-electron chi connectivity index (χ4n) is 3.67. The number of nitrogens with one attached hydrogen (secondary N) is 1. The molecule has 0 heterocycles. The predicted octanol–water partition coefficient (Wildman–Crippen LogP) is 3.94. The van der Waals surface area contributed by atoms with Crippen LogP contribution in [0.1, 0.15) is 62.9 Å². The molecule has 2 aromatic rings. The summed E-state index contributed by atoms with van der Waals surface area (Å²) in [5.74, 6) is -2.01. The second-order valence-electron chi connectivity index (χ2n) is 8.63. The number of ether oxygens (including phenoxy) is 4. The van der Waals surface area contributed by atoms with Crippen molar-refractivity contribution in [1.29, 1.82) is 0 Å². The molecule has 0 fully saturated rings. The van der Waals surface area contributed by atoms with E-state index in [9.17, 15) is 24.0 Å². The molecule has 0 radical (unpaired) electrons. The highest BCUT2D eigenvalue weighted by atomic mass is 16.6. The second kappa shape index (κ2) is 15.3. The summed E-state index contributed by atoms with van der Waals surface area (Å²) in [7, 11) is 0. The number of esters is 3. The average Bonchev–Trinajstić information content (AvgIpc) is 2.91. The smallest absolute Gasteiger partial charge is 0.343 e. The van der Waals surface area contributed by atoms with Crippen LogP contribution in [0.15, 0.2) is 48.5 Å². The molecule has 0 aromatic heterocycles. The fourth-order valence-corrected chi connectivity index (χ4v) is 3.67. The minimum atomic E-state index is -1.96. The van der Waals surface area contributed by atoms with Crippen molar-refractivity contribution in [1.82, 2.24) is 5.32 Å². The van der Waals surface area contributed by atoms with Crippen LogP contribution in [0.25, 0.3) is 0 Å². The van der Waals surface area contributed by atoms with Gasteiger partial charge in [-0.1, -0.05) is 19.1 Å². The summed E-state index contributed by atoms with van der Waals surface area (Å²) in [4.78, 5) is 61.0. The first kappa shape index (κ1) is 31.0. The van der Waals surface area contributed by atoms with Crippen molar-refractivity contribution in [3.63, 3.8) is 0 Å². The first-order valence-corrected chi connectivity index (χ1v) is 12.8. The van der Waals surface area contributed by atoms with Gasteiger partial charge in [-0.25, -0.2) is 9.59 Å². The molecule has 0 atom stereocenters. The Bertz CT molecular complexity index is 1120. The summed E-state index contributed by atoms with van der Waals surface area (Å²) in [5.41, 5.74) is -0.780. The number of Topliss-reactive ketones (excluding diaryl/α,β-unsaturated/α-hetero) is 1. The van der Waals surface area contributed by atoms with Crippen molar-refractivity contribution in [3.05, 3.63) is 59.7 Å². The molecule has 0 saturated heterocycles. The molecule has 0 aliphatic carbocycles. The van der Waals surface area contributed by atoms with Gasteiger partial charge in [-0.05, 0) is 75.1 Å². The van der Waals surface area contributed by atoms with E-state index in [-0.39, 0.29) is 44.9 Å². The van der Waals surface area contributed by atoms with Gasteiger partial charge in [0.05, 0.1) is 13.2 Å². The number of hydrogen-bond acceptors (Lipinski definition) is 9. The summed E-state index contributed by atoms with van der Waals surface area (Å²) < 4.78 is 21.0. The Morgan fingerprint density at radius 2 is 1.31 bits per heavy atom. The summed E-state index contributed by atoms with van der Waals surface area (Å²) in [6.07, 6.45) is 1.12. The Morgan fingerprint density at radius 3 is 1.79 bits per heavy atom. The monoisotopic (exact) mass is 541 g/mol. The van der Waals surface area contributed by atoms with E-state index in [4.69, 9.17) is 18.9 Å². The molecule has 210 valence electrons. The maximum absolute atomic E-state index is 12.8. The molecule has 39 heavy (non-hydrogen) atoms. The van der Waals surface area contributed by atoms with Gasteiger partial charge < -0.3 is 24.3 Å². The molecule has 1 N–H and O–H groups in total. The quantitative estimate of drug-likeness (QED) is 0.154. The van der Waals surface area contributed by atoms with Gasteiger partial charge in [-0.2, -0.15) is 0 Å². The summed E-state index contributed by atoms with van der Waals surface area (Å²) in [6, 6.07) is 13.4. The van der Waals surface area contributed by atoms with Crippen molar-refractivity contribution in [2.75, 3.05) is 19.8 Å². The Balaban J connectivity index is 2.05. The molecule has 0 aliphatic rings. The van der Waals surface area contributed by atoms with Gasteiger partial charge in [0.15, 0.2) is 12.4 Å². The molecule has 2 rings (SSSR count). The first-order valence-electron chi connectivity index (χ1n) is 12.8. The van der Waals surface area contributed by atoms with Crippen LogP contribution in [0, 0.1) is 0 Å². The highest BCUT2D eigenvalue weighted by molar-refractivity contribution is 6.07. The SMILES string of the molecule is CCCC(=O)OCC(=O)c1ccc(Oc2ccc(CCC(NC(C)=O)(C(=O)OCC)C(=O)OCC)cc2)cc1. The Morgan fingerprint density at radius 1 is 0.769 bits per heavy atom. The minimum absolute atomic E-state index is 0.0349. The third-order valence-corrected chi connectivity index (χ3v) is 5.58. The van der Waals surface area contributed by atoms with Gasteiger partial charge in [0.25, 0.3) is 0 Å². The van der Waals surface area contributed by atoms with Crippen molar-refractivity contribution < 1.29 is 42.9 Å². The third-order valence-electron chi connectivity index (χ3n) is 5.58. The number of aryl methyl sites for hydroxylation is 1. The van der Waals surface area contributed by atoms with E-state index in [2.05, 4.69) is 5.32 Å². The van der Waals surface area contributed by atoms with Crippen LogP contribution >= 0.6 is 0 Å². The third kappa shape index (κ3) is 9.24. The number of amides is 1. The number of benzene rings is 2. The van der Waals surface area contributed by atoms with Gasteiger partial charge in [-0.15, -0.1) is 0 Å². The predicted molar refractivity (Wildman–Crippen MR) is 141 cm³/mol. The first-order chi connectivity index (χ1) is 18.6. The summed E-state index contributed by atoms with van der Waals surface area (Å²) in [6.45, 7) is 6.04. The average molecular weight is 542 g/mol. The zero-order valence-corrected chi connectivity index (χ0v) is 22.7. The van der Waals surface area contributed by atoms with Crippen LogP contribution in [0.4, 0.5) is 0 Å². The zero-order chi connectivity index (χ0) is 28.8. The lowest BCUT2D eigenvalue weighted by Gasteiger charge is -2.29. The number of hydrogen-bond donors (Lipinski definition) is 1. The van der Waals surface area contributed by atoms with E-state index in [1.165, 1.54) is 6.92 Å². The molecule has 0 spiro atoms.